The Labute approximate surface area is 185 Å². The molecule has 1 fully saturated rings. The summed E-state index contributed by atoms with van der Waals surface area (Å²) in [5, 5.41) is 11.4. The smallest absolute Gasteiger partial charge is 0.300 e. The molecule has 1 atom stereocenters. The second kappa shape index (κ2) is 8.05. The van der Waals surface area contributed by atoms with Crippen LogP contribution >= 0.6 is 27.5 Å². The molecule has 3 aromatic rings. The quantitative estimate of drug-likeness (QED) is 0.286. The van der Waals surface area contributed by atoms with E-state index >= 15 is 0 Å². The van der Waals surface area contributed by atoms with Gasteiger partial charge in [-0.25, -0.2) is 4.39 Å². The van der Waals surface area contributed by atoms with Crippen LogP contribution in [0.5, 0.6) is 0 Å². The highest BCUT2D eigenvalue weighted by Crippen LogP contribution is 2.43. The van der Waals surface area contributed by atoms with Gasteiger partial charge in [-0.1, -0.05) is 57.9 Å². The second-order valence-electron chi connectivity index (χ2n) is 6.67. The summed E-state index contributed by atoms with van der Waals surface area (Å²) in [7, 11) is 0. The van der Waals surface area contributed by atoms with Crippen LogP contribution in [0.2, 0.25) is 5.02 Å². The Morgan fingerprint density at radius 3 is 2.23 bits per heavy atom. The molecular formula is C23H14BrClFNO3. The lowest BCUT2D eigenvalue weighted by Crippen LogP contribution is -2.29. The summed E-state index contributed by atoms with van der Waals surface area (Å²) >= 11 is 9.27. The van der Waals surface area contributed by atoms with Crippen molar-refractivity contribution in [2.24, 2.45) is 0 Å². The SMILES string of the molecule is O=C1C(=O)N(c2ccc(Cl)cc2)C(c2ccccc2F)/C1=C(/O)c1ccc(Br)cc1. The fourth-order valence-electron chi connectivity index (χ4n) is 3.45. The number of carbonyl (C=O) groups is 2. The van der Waals surface area contributed by atoms with E-state index in [2.05, 4.69) is 15.9 Å². The number of rotatable bonds is 3. The van der Waals surface area contributed by atoms with Gasteiger partial charge in [-0.15, -0.1) is 0 Å². The molecule has 3 aromatic carbocycles. The van der Waals surface area contributed by atoms with E-state index in [9.17, 15) is 19.1 Å². The minimum absolute atomic E-state index is 0.102. The molecule has 1 unspecified atom stereocenters. The standard InChI is InChI=1S/C23H14BrClFNO3/c24-14-7-5-13(6-8-14)21(28)19-20(17-3-1-2-4-18(17)26)27(23(30)22(19)29)16-11-9-15(25)10-12-16/h1-12,20,28H/b21-19-. The average Bonchev–Trinajstić information content (AvgIpc) is 3.00. The first-order valence-electron chi connectivity index (χ1n) is 8.95. The summed E-state index contributed by atoms with van der Waals surface area (Å²) in [5.41, 5.74) is 0.630. The molecule has 30 heavy (non-hydrogen) atoms. The summed E-state index contributed by atoms with van der Waals surface area (Å²) in [4.78, 5) is 27.1. The van der Waals surface area contributed by atoms with Crippen LogP contribution < -0.4 is 4.90 Å². The van der Waals surface area contributed by atoms with Crippen LogP contribution in [0.3, 0.4) is 0 Å². The van der Waals surface area contributed by atoms with Crippen LogP contribution in [0.25, 0.3) is 5.76 Å². The Kier molecular flexibility index (Phi) is 5.45. The van der Waals surface area contributed by atoms with Crippen molar-refractivity contribution < 1.29 is 19.1 Å². The molecular weight excluding hydrogens is 473 g/mol. The maximum absolute atomic E-state index is 14.8. The molecule has 7 heteroatoms. The molecule has 1 saturated heterocycles. The lowest BCUT2D eigenvalue weighted by Gasteiger charge is -2.25. The largest absolute Gasteiger partial charge is 0.507 e. The zero-order chi connectivity index (χ0) is 21.4. The third-order valence-electron chi connectivity index (χ3n) is 4.87. The number of amides is 1. The van der Waals surface area contributed by atoms with Crippen LogP contribution in [-0.4, -0.2) is 16.8 Å². The Balaban J connectivity index is 1.96. The van der Waals surface area contributed by atoms with Gasteiger partial charge in [0.2, 0.25) is 0 Å². The molecule has 4 rings (SSSR count). The number of aliphatic hydroxyl groups excluding tert-OH is 1. The van der Waals surface area contributed by atoms with E-state index in [1.807, 2.05) is 0 Å². The first-order valence-corrected chi connectivity index (χ1v) is 10.1. The van der Waals surface area contributed by atoms with Crippen LogP contribution in [0.4, 0.5) is 10.1 Å². The van der Waals surface area contributed by atoms with Gasteiger partial charge in [-0.2, -0.15) is 0 Å². The highest BCUT2D eigenvalue weighted by Gasteiger charge is 2.47. The molecule has 1 N–H and O–H groups in total. The number of nitrogens with zero attached hydrogens (tertiary/aromatic N) is 1. The van der Waals surface area contributed by atoms with Crippen molar-refractivity contribution in [3.63, 3.8) is 0 Å². The predicted octanol–water partition coefficient (Wildman–Crippen LogP) is 5.87. The molecule has 0 spiro atoms. The average molecular weight is 487 g/mol. The summed E-state index contributed by atoms with van der Waals surface area (Å²) in [6.07, 6.45) is 0. The zero-order valence-electron chi connectivity index (χ0n) is 15.4. The topological polar surface area (TPSA) is 57.6 Å². The molecule has 4 nitrogen and oxygen atoms in total. The third kappa shape index (κ3) is 3.53. The normalized spacial score (nSPS) is 18.1. The Morgan fingerprint density at radius 2 is 1.60 bits per heavy atom. The molecule has 0 saturated carbocycles. The van der Waals surface area contributed by atoms with E-state index in [0.717, 1.165) is 4.47 Å². The number of anilines is 1. The number of benzene rings is 3. The van der Waals surface area contributed by atoms with Crippen molar-refractivity contribution in [3.8, 4) is 0 Å². The fourth-order valence-corrected chi connectivity index (χ4v) is 3.85. The molecule has 150 valence electrons. The maximum atomic E-state index is 14.8. The van der Waals surface area contributed by atoms with Gasteiger partial charge in [0.15, 0.2) is 0 Å². The van der Waals surface area contributed by atoms with Gasteiger partial charge in [0.1, 0.15) is 11.6 Å². The molecule has 0 bridgehead atoms. The third-order valence-corrected chi connectivity index (χ3v) is 5.65. The van der Waals surface area contributed by atoms with Crippen molar-refractivity contribution in [3.05, 3.63) is 105 Å². The fraction of sp³-hybridized carbons (Fsp3) is 0.0435. The first-order chi connectivity index (χ1) is 14.4. The van der Waals surface area contributed by atoms with Gasteiger partial charge in [-0.3, -0.25) is 14.5 Å². The van der Waals surface area contributed by atoms with E-state index in [0.29, 0.717) is 16.3 Å². The predicted molar refractivity (Wildman–Crippen MR) is 117 cm³/mol. The van der Waals surface area contributed by atoms with Gasteiger partial charge in [0, 0.05) is 26.3 Å². The summed E-state index contributed by atoms with van der Waals surface area (Å²) in [6.45, 7) is 0. The molecule has 1 heterocycles. The highest BCUT2D eigenvalue weighted by atomic mass is 79.9. The Hall–Kier alpha value is -2.96. The van der Waals surface area contributed by atoms with E-state index in [1.165, 1.54) is 23.1 Å². The molecule has 0 aromatic heterocycles. The molecule has 1 amide bonds. The van der Waals surface area contributed by atoms with Crippen molar-refractivity contribution >= 4 is 50.7 Å². The van der Waals surface area contributed by atoms with E-state index in [1.54, 1.807) is 54.6 Å². The molecule has 0 radical (unpaired) electrons. The lowest BCUT2D eigenvalue weighted by molar-refractivity contribution is -0.132. The number of ketones is 1. The van der Waals surface area contributed by atoms with Gasteiger partial charge in [0.05, 0.1) is 11.6 Å². The zero-order valence-corrected chi connectivity index (χ0v) is 17.7. The van der Waals surface area contributed by atoms with Crippen molar-refractivity contribution in [2.75, 3.05) is 4.90 Å². The first kappa shape index (κ1) is 20.3. The minimum atomic E-state index is -1.13. The van der Waals surface area contributed by atoms with E-state index in [-0.39, 0.29) is 16.9 Å². The molecule has 1 aliphatic heterocycles. The van der Waals surface area contributed by atoms with Gasteiger partial charge in [-0.05, 0) is 42.5 Å². The Morgan fingerprint density at radius 1 is 0.967 bits per heavy atom. The van der Waals surface area contributed by atoms with Crippen molar-refractivity contribution in [1.29, 1.82) is 0 Å². The molecule has 0 aliphatic carbocycles. The second-order valence-corrected chi connectivity index (χ2v) is 8.03. The number of hydrogen-bond donors (Lipinski definition) is 1. The van der Waals surface area contributed by atoms with Crippen molar-refractivity contribution in [1.82, 2.24) is 0 Å². The van der Waals surface area contributed by atoms with Gasteiger partial charge < -0.3 is 5.11 Å². The van der Waals surface area contributed by atoms with Crippen LogP contribution in [0.1, 0.15) is 17.2 Å². The highest BCUT2D eigenvalue weighted by molar-refractivity contribution is 9.10. The molecule has 1 aliphatic rings. The number of hydrogen-bond acceptors (Lipinski definition) is 3. The van der Waals surface area contributed by atoms with Crippen LogP contribution in [-0.2, 0) is 9.59 Å². The van der Waals surface area contributed by atoms with Crippen LogP contribution in [0, 0.1) is 5.82 Å². The Bertz CT molecular complexity index is 1180. The van der Waals surface area contributed by atoms with Crippen molar-refractivity contribution in [2.45, 2.75) is 6.04 Å². The lowest BCUT2D eigenvalue weighted by atomic mass is 9.94. The van der Waals surface area contributed by atoms with Crippen LogP contribution in [0.15, 0.2) is 82.8 Å². The summed E-state index contributed by atoms with van der Waals surface area (Å²) < 4.78 is 15.5. The van der Waals surface area contributed by atoms with E-state index < -0.39 is 23.5 Å². The maximum Gasteiger partial charge on any atom is 0.300 e. The van der Waals surface area contributed by atoms with Gasteiger partial charge >= 0.3 is 0 Å². The summed E-state index contributed by atoms with van der Waals surface area (Å²) in [5.74, 6) is -2.71. The minimum Gasteiger partial charge on any atom is -0.507 e. The number of halogens is 3. The van der Waals surface area contributed by atoms with E-state index in [4.69, 9.17) is 11.6 Å². The summed E-state index contributed by atoms with van der Waals surface area (Å²) in [6, 6.07) is 17.6. The number of carbonyl (C=O) groups excluding carboxylic acids is 2. The van der Waals surface area contributed by atoms with Gasteiger partial charge in [0.25, 0.3) is 11.7 Å². The number of aliphatic hydroxyl groups is 1. The monoisotopic (exact) mass is 485 g/mol. The number of Topliss-reactive ketones (excluding diaryl/α,β-unsaturated/α-hetero) is 1.